The van der Waals surface area contributed by atoms with Crippen molar-refractivity contribution in [2.45, 2.75) is 45.2 Å². The molecule has 0 bridgehead atoms. The zero-order valence-electron chi connectivity index (χ0n) is 14.4. The zero-order chi connectivity index (χ0) is 17.3. The van der Waals surface area contributed by atoms with E-state index in [1.54, 1.807) is 0 Å². The number of hydrogen-bond donors (Lipinski definition) is 1. The summed E-state index contributed by atoms with van der Waals surface area (Å²) in [6, 6.07) is 8.03. The Balaban J connectivity index is 1.76. The number of aryl methyl sites for hydroxylation is 1. The second-order valence-corrected chi connectivity index (χ2v) is 9.45. The van der Waals surface area contributed by atoms with Gasteiger partial charge in [0.25, 0.3) is 0 Å². The molecule has 132 valence electrons. The molecule has 3 rings (SSSR count). The summed E-state index contributed by atoms with van der Waals surface area (Å²) >= 11 is 0. The molecule has 24 heavy (non-hydrogen) atoms. The van der Waals surface area contributed by atoms with Crippen LogP contribution in [-0.2, 0) is 9.84 Å². The minimum absolute atomic E-state index is 0.0531. The minimum atomic E-state index is -2.99. The van der Waals surface area contributed by atoms with E-state index in [9.17, 15) is 13.2 Å². The molecule has 1 aromatic carbocycles. The number of piperidine rings is 1. The van der Waals surface area contributed by atoms with Crippen molar-refractivity contribution in [1.82, 2.24) is 10.2 Å². The molecule has 2 heterocycles. The summed E-state index contributed by atoms with van der Waals surface area (Å²) in [7, 11) is -2.99. The SMILES string of the molecule is Cc1ccc([C@@H]2[C@@H](C)CCCN2C(=O)N[C@@H]2CCS(=O)(=O)C2)cc1. The summed E-state index contributed by atoms with van der Waals surface area (Å²) in [6.45, 7) is 4.96. The first-order chi connectivity index (χ1) is 11.4. The minimum Gasteiger partial charge on any atom is -0.334 e. The topological polar surface area (TPSA) is 66.5 Å². The molecule has 1 N–H and O–H groups in total. The Morgan fingerprint density at radius 3 is 2.54 bits per heavy atom. The van der Waals surface area contributed by atoms with E-state index < -0.39 is 9.84 Å². The lowest BCUT2D eigenvalue weighted by atomic mass is 9.86. The summed E-state index contributed by atoms with van der Waals surface area (Å²) in [5.74, 6) is 0.632. The number of sulfone groups is 1. The summed E-state index contributed by atoms with van der Waals surface area (Å²) in [5.41, 5.74) is 2.36. The van der Waals surface area contributed by atoms with Crippen molar-refractivity contribution in [2.75, 3.05) is 18.1 Å². The number of nitrogens with one attached hydrogen (secondary N) is 1. The quantitative estimate of drug-likeness (QED) is 0.892. The second-order valence-electron chi connectivity index (χ2n) is 7.22. The standard InChI is InChI=1S/C18H26N2O3S/c1-13-5-7-15(8-6-13)17-14(2)4-3-10-20(17)18(21)19-16-9-11-24(22,23)12-16/h5-8,14,16-17H,3-4,9-12H2,1-2H3,(H,19,21)/t14-,16+,17-/m0/s1. The number of carbonyl (C=O) groups is 1. The molecule has 3 atom stereocenters. The van der Waals surface area contributed by atoms with Crippen LogP contribution in [0.5, 0.6) is 0 Å². The molecule has 0 spiro atoms. The number of benzene rings is 1. The molecule has 2 aliphatic heterocycles. The van der Waals surface area contributed by atoms with Crippen LogP contribution in [0.1, 0.15) is 43.4 Å². The van der Waals surface area contributed by atoms with Gasteiger partial charge in [-0.25, -0.2) is 13.2 Å². The van der Waals surface area contributed by atoms with Gasteiger partial charge in [-0.05, 0) is 37.7 Å². The smallest absolute Gasteiger partial charge is 0.318 e. The maximum atomic E-state index is 12.8. The molecule has 5 nitrogen and oxygen atoms in total. The first-order valence-corrected chi connectivity index (χ1v) is 10.5. The molecular weight excluding hydrogens is 324 g/mol. The van der Waals surface area contributed by atoms with Gasteiger partial charge in [0.1, 0.15) is 0 Å². The highest BCUT2D eigenvalue weighted by molar-refractivity contribution is 7.91. The number of likely N-dealkylation sites (tertiary alicyclic amines) is 1. The molecule has 0 aromatic heterocycles. The van der Waals surface area contributed by atoms with Crippen molar-refractivity contribution in [3.63, 3.8) is 0 Å². The predicted molar refractivity (Wildman–Crippen MR) is 94.6 cm³/mol. The van der Waals surface area contributed by atoms with Gasteiger partial charge in [0, 0.05) is 12.6 Å². The van der Waals surface area contributed by atoms with E-state index in [4.69, 9.17) is 0 Å². The Bertz CT molecular complexity index is 699. The van der Waals surface area contributed by atoms with Crippen molar-refractivity contribution < 1.29 is 13.2 Å². The molecule has 0 radical (unpaired) electrons. The van der Waals surface area contributed by atoms with Gasteiger partial charge in [0.05, 0.1) is 17.5 Å². The maximum absolute atomic E-state index is 12.8. The number of hydrogen-bond acceptors (Lipinski definition) is 3. The molecule has 1 aromatic rings. The third kappa shape index (κ3) is 3.74. The fraction of sp³-hybridized carbons (Fsp3) is 0.611. The van der Waals surface area contributed by atoms with E-state index >= 15 is 0 Å². The average Bonchev–Trinajstić information content (AvgIpc) is 2.87. The summed E-state index contributed by atoms with van der Waals surface area (Å²) in [4.78, 5) is 14.7. The first-order valence-electron chi connectivity index (χ1n) is 8.70. The van der Waals surface area contributed by atoms with E-state index in [0.29, 0.717) is 18.9 Å². The Morgan fingerprint density at radius 1 is 1.21 bits per heavy atom. The van der Waals surface area contributed by atoms with E-state index in [2.05, 4.69) is 43.4 Å². The monoisotopic (exact) mass is 350 g/mol. The van der Waals surface area contributed by atoms with Gasteiger partial charge in [-0.2, -0.15) is 0 Å². The van der Waals surface area contributed by atoms with Crippen molar-refractivity contribution >= 4 is 15.9 Å². The lowest BCUT2D eigenvalue weighted by Gasteiger charge is -2.40. The van der Waals surface area contributed by atoms with Crippen LogP contribution in [0, 0.1) is 12.8 Å². The van der Waals surface area contributed by atoms with Crippen LogP contribution in [0.15, 0.2) is 24.3 Å². The summed E-state index contributed by atoms with van der Waals surface area (Å²) in [5, 5.41) is 2.94. The molecule has 2 fully saturated rings. The van der Waals surface area contributed by atoms with Crippen molar-refractivity contribution in [1.29, 1.82) is 0 Å². The number of rotatable bonds is 2. The van der Waals surface area contributed by atoms with Gasteiger partial charge in [-0.1, -0.05) is 36.8 Å². The third-order valence-corrected chi connectivity index (χ3v) is 6.94. The fourth-order valence-corrected chi connectivity index (χ4v) is 5.53. The van der Waals surface area contributed by atoms with Crippen molar-refractivity contribution in [3.8, 4) is 0 Å². The molecule has 6 heteroatoms. The Morgan fingerprint density at radius 2 is 1.92 bits per heavy atom. The average molecular weight is 350 g/mol. The van der Waals surface area contributed by atoms with E-state index in [1.165, 1.54) is 5.56 Å². The molecule has 2 aliphatic rings. The molecule has 0 saturated carbocycles. The number of carbonyl (C=O) groups excluding carboxylic acids is 1. The Hall–Kier alpha value is -1.56. The van der Waals surface area contributed by atoms with Gasteiger partial charge < -0.3 is 10.2 Å². The van der Waals surface area contributed by atoms with Gasteiger partial charge in [-0.3, -0.25) is 0 Å². The maximum Gasteiger partial charge on any atom is 0.318 e. The highest BCUT2D eigenvalue weighted by atomic mass is 32.2. The summed E-state index contributed by atoms with van der Waals surface area (Å²) < 4.78 is 23.2. The van der Waals surface area contributed by atoms with E-state index in [1.807, 2.05) is 4.90 Å². The van der Waals surface area contributed by atoms with Gasteiger partial charge in [0.15, 0.2) is 9.84 Å². The van der Waals surface area contributed by atoms with Crippen LogP contribution < -0.4 is 5.32 Å². The largest absolute Gasteiger partial charge is 0.334 e. The zero-order valence-corrected chi connectivity index (χ0v) is 15.2. The van der Waals surface area contributed by atoms with Gasteiger partial charge in [-0.15, -0.1) is 0 Å². The third-order valence-electron chi connectivity index (χ3n) is 5.17. The lowest BCUT2D eigenvalue weighted by molar-refractivity contribution is 0.118. The van der Waals surface area contributed by atoms with Crippen molar-refractivity contribution in [2.24, 2.45) is 5.92 Å². The fourth-order valence-electron chi connectivity index (χ4n) is 3.85. The number of urea groups is 1. The van der Waals surface area contributed by atoms with E-state index in [0.717, 1.165) is 18.4 Å². The highest BCUT2D eigenvalue weighted by Crippen LogP contribution is 2.36. The second kappa shape index (κ2) is 6.75. The first kappa shape index (κ1) is 17.3. The predicted octanol–water partition coefficient (Wildman–Crippen LogP) is 2.66. The van der Waals surface area contributed by atoms with Crippen LogP contribution in [0.3, 0.4) is 0 Å². The lowest BCUT2D eigenvalue weighted by Crippen LogP contribution is -2.50. The Kier molecular flexibility index (Phi) is 4.85. The number of amides is 2. The Labute approximate surface area is 144 Å². The molecular formula is C18H26N2O3S. The van der Waals surface area contributed by atoms with Crippen molar-refractivity contribution in [3.05, 3.63) is 35.4 Å². The molecule has 2 amide bonds. The van der Waals surface area contributed by atoms with Crippen LogP contribution in [0.4, 0.5) is 4.79 Å². The van der Waals surface area contributed by atoms with Gasteiger partial charge in [0.2, 0.25) is 0 Å². The van der Waals surface area contributed by atoms with E-state index in [-0.39, 0.29) is 29.6 Å². The number of nitrogens with zero attached hydrogens (tertiary/aromatic N) is 1. The normalized spacial score (nSPS) is 29.4. The summed E-state index contributed by atoms with van der Waals surface area (Å²) in [6.07, 6.45) is 2.60. The molecule has 2 saturated heterocycles. The van der Waals surface area contributed by atoms with Crippen LogP contribution in [0.25, 0.3) is 0 Å². The van der Waals surface area contributed by atoms with Crippen LogP contribution >= 0.6 is 0 Å². The van der Waals surface area contributed by atoms with Crippen LogP contribution in [0.2, 0.25) is 0 Å². The highest BCUT2D eigenvalue weighted by Gasteiger charge is 2.35. The van der Waals surface area contributed by atoms with Crippen LogP contribution in [-0.4, -0.2) is 43.4 Å². The molecule has 0 aliphatic carbocycles. The van der Waals surface area contributed by atoms with Gasteiger partial charge >= 0.3 is 6.03 Å². The molecule has 0 unspecified atom stereocenters.